The van der Waals surface area contributed by atoms with Crippen LogP contribution in [0.3, 0.4) is 0 Å². The number of fused-ring (bicyclic) bond motifs is 1. The topological polar surface area (TPSA) is 81.4 Å². The number of thioether (sulfide) groups is 1. The van der Waals surface area contributed by atoms with E-state index in [1.807, 2.05) is 24.3 Å². The van der Waals surface area contributed by atoms with Crippen molar-refractivity contribution in [1.82, 2.24) is 0 Å². The molecule has 156 valence electrons. The summed E-state index contributed by atoms with van der Waals surface area (Å²) >= 11 is 2.93. The van der Waals surface area contributed by atoms with Crippen LogP contribution in [0, 0.1) is 11.3 Å². The lowest BCUT2D eigenvalue weighted by Crippen LogP contribution is -2.26. The van der Waals surface area contributed by atoms with E-state index in [4.69, 9.17) is 10.5 Å². The Labute approximate surface area is 180 Å². The monoisotopic (exact) mass is 432 g/mol. The lowest BCUT2D eigenvalue weighted by atomic mass is 9.72. The zero-order valence-electron chi connectivity index (χ0n) is 17.3. The van der Waals surface area contributed by atoms with Crippen LogP contribution in [0.5, 0.6) is 0 Å². The van der Waals surface area contributed by atoms with Gasteiger partial charge in [0.05, 0.1) is 18.4 Å². The molecule has 0 spiro atoms. The lowest BCUT2D eigenvalue weighted by Gasteiger charge is -2.33. The van der Waals surface area contributed by atoms with Gasteiger partial charge in [0.2, 0.25) is 5.91 Å². The molecule has 29 heavy (non-hydrogen) atoms. The molecule has 0 radical (unpaired) electrons. The molecule has 0 aliphatic heterocycles. The first kappa shape index (κ1) is 21.7. The minimum atomic E-state index is -0.379. The maximum absolute atomic E-state index is 12.6. The highest BCUT2D eigenvalue weighted by Crippen LogP contribution is 2.44. The zero-order chi connectivity index (χ0) is 21.2. The number of nitrogen functional groups attached to an aromatic ring is 1. The van der Waals surface area contributed by atoms with Crippen molar-refractivity contribution in [3.63, 3.8) is 0 Å². The third-order valence-corrected chi connectivity index (χ3v) is 7.52. The maximum Gasteiger partial charge on any atom is 0.341 e. The van der Waals surface area contributed by atoms with Gasteiger partial charge in [0.15, 0.2) is 0 Å². The minimum absolute atomic E-state index is 0.145. The molecule has 2 aromatic rings. The van der Waals surface area contributed by atoms with E-state index in [9.17, 15) is 9.59 Å². The lowest BCUT2D eigenvalue weighted by molar-refractivity contribution is -0.113. The Morgan fingerprint density at radius 1 is 1.34 bits per heavy atom. The van der Waals surface area contributed by atoms with Gasteiger partial charge in [-0.25, -0.2) is 4.79 Å². The van der Waals surface area contributed by atoms with Crippen molar-refractivity contribution in [2.75, 3.05) is 23.9 Å². The number of rotatable bonds is 5. The van der Waals surface area contributed by atoms with E-state index in [0.717, 1.165) is 29.7 Å². The van der Waals surface area contributed by atoms with Crippen molar-refractivity contribution in [3.05, 3.63) is 40.3 Å². The molecule has 1 unspecified atom stereocenters. The minimum Gasteiger partial charge on any atom is -0.465 e. The van der Waals surface area contributed by atoms with Gasteiger partial charge < -0.3 is 15.8 Å². The van der Waals surface area contributed by atoms with Gasteiger partial charge in [-0.15, -0.1) is 23.1 Å². The summed E-state index contributed by atoms with van der Waals surface area (Å²) in [6.45, 7) is 6.77. The Morgan fingerprint density at radius 2 is 2.10 bits per heavy atom. The fourth-order valence-corrected chi connectivity index (χ4v) is 5.74. The molecule has 0 saturated heterocycles. The number of hydrogen-bond acceptors (Lipinski definition) is 6. The van der Waals surface area contributed by atoms with Crippen molar-refractivity contribution in [3.8, 4) is 0 Å². The van der Waals surface area contributed by atoms with Gasteiger partial charge >= 0.3 is 5.97 Å². The number of nitrogens with two attached hydrogens (primary N) is 1. The molecule has 5 nitrogen and oxygen atoms in total. The van der Waals surface area contributed by atoms with E-state index in [-0.39, 0.29) is 23.0 Å². The molecule has 1 amide bonds. The van der Waals surface area contributed by atoms with Crippen LogP contribution >= 0.6 is 23.1 Å². The molecular formula is C22H28N2O3S2. The summed E-state index contributed by atoms with van der Waals surface area (Å²) in [6, 6.07) is 7.44. The van der Waals surface area contributed by atoms with E-state index in [1.165, 1.54) is 35.1 Å². The molecule has 7 heteroatoms. The zero-order valence-corrected chi connectivity index (χ0v) is 19.0. The third-order valence-electron chi connectivity index (χ3n) is 5.36. The summed E-state index contributed by atoms with van der Waals surface area (Å²) in [5.41, 5.74) is 8.25. The van der Waals surface area contributed by atoms with E-state index in [1.54, 1.807) is 0 Å². The number of nitrogens with one attached hydrogen (secondary N) is 1. The van der Waals surface area contributed by atoms with E-state index < -0.39 is 0 Å². The molecular weight excluding hydrogens is 404 g/mol. The van der Waals surface area contributed by atoms with Gasteiger partial charge in [-0.3, -0.25) is 4.79 Å². The van der Waals surface area contributed by atoms with Gasteiger partial charge in [-0.05, 0) is 54.4 Å². The number of esters is 1. The van der Waals surface area contributed by atoms with Crippen LogP contribution in [0.2, 0.25) is 0 Å². The summed E-state index contributed by atoms with van der Waals surface area (Å²) in [7, 11) is 1.38. The Hall–Kier alpha value is -1.99. The Bertz CT molecular complexity index is 915. The molecule has 3 N–H and O–H groups in total. The smallest absolute Gasteiger partial charge is 0.341 e. The molecule has 1 aromatic heterocycles. The van der Waals surface area contributed by atoms with E-state index in [0.29, 0.717) is 22.2 Å². The number of amides is 1. The summed E-state index contributed by atoms with van der Waals surface area (Å²) in [4.78, 5) is 27.1. The highest BCUT2D eigenvalue weighted by atomic mass is 32.2. The molecule has 1 aromatic carbocycles. The normalized spacial score (nSPS) is 16.2. The summed E-state index contributed by atoms with van der Waals surface area (Å²) in [5.74, 6) is 0.280. The summed E-state index contributed by atoms with van der Waals surface area (Å²) < 4.78 is 5.02. The standard InChI is InChI=1S/C22H28N2O3S2/c1-22(2,3)13-8-9-16-17(10-13)29-20(19(16)21(26)27-4)24-18(25)12-28-15-7-5-6-14(23)11-15/h5-7,11,13H,8-10,12,23H2,1-4H3,(H,24,25). The van der Waals surface area contributed by atoms with Crippen LogP contribution in [-0.4, -0.2) is 24.7 Å². The highest BCUT2D eigenvalue weighted by molar-refractivity contribution is 8.00. The quantitative estimate of drug-likeness (QED) is 0.395. The first-order valence-corrected chi connectivity index (χ1v) is 11.5. The van der Waals surface area contributed by atoms with Crippen molar-refractivity contribution >= 4 is 45.7 Å². The number of carbonyl (C=O) groups excluding carboxylic acids is 2. The predicted molar refractivity (Wildman–Crippen MR) is 121 cm³/mol. The molecule has 3 rings (SSSR count). The summed E-state index contributed by atoms with van der Waals surface area (Å²) in [5, 5.41) is 3.55. The van der Waals surface area contributed by atoms with Crippen LogP contribution in [0.4, 0.5) is 10.7 Å². The van der Waals surface area contributed by atoms with Gasteiger partial charge in [0.25, 0.3) is 0 Å². The van der Waals surface area contributed by atoms with Gasteiger partial charge in [-0.1, -0.05) is 26.8 Å². The highest BCUT2D eigenvalue weighted by Gasteiger charge is 2.34. The predicted octanol–water partition coefficient (Wildman–Crippen LogP) is 5.00. The second-order valence-electron chi connectivity index (χ2n) is 8.41. The fourth-order valence-electron chi connectivity index (χ4n) is 3.65. The van der Waals surface area contributed by atoms with E-state index in [2.05, 4.69) is 26.1 Å². The number of ether oxygens (including phenoxy) is 1. The van der Waals surface area contributed by atoms with Gasteiger partial charge in [0, 0.05) is 15.5 Å². The van der Waals surface area contributed by atoms with Gasteiger partial charge in [-0.2, -0.15) is 0 Å². The first-order chi connectivity index (χ1) is 13.7. The Kier molecular flexibility index (Phi) is 6.58. The van der Waals surface area contributed by atoms with Crippen LogP contribution in [0.15, 0.2) is 29.2 Å². The molecule has 1 aliphatic carbocycles. The summed E-state index contributed by atoms with van der Waals surface area (Å²) in [6.07, 6.45) is 2.81. The first-order valence-electron chi connectivity index (χ1n) is 9.70. The number of hydrogen-bond donors (Lipinski definition) is 2. The average molecular weight is 433 g/mol. The third kappa shape index (κ3) is 5.14. The van der Waals surface area contributed by atoms with Crippen LogP contribution in [-0.2, 0) is 22.4 Å². The van der Waals surface area contributed by atoms with Crippen molar-refractivity contribution < 1.29 is 14.3 Å². The van der Waals surface area contributed by atoms with Crippen molar-refractivity contribution in [2.45, 2.75) is 44.9 Å². The largest absolute Gasteiger partial charge is 0.465 e. The average Bonchev–Trinajstić information content (AvgIpc) is 3.02. The molecule has 0 bridgehead atoms. The Morgan fingerprint density at radius 3 is 2.76 bits per heavy atom. The number of thiophene rings is 1. The van der Waals surface area contributed by atoms with Crippen molar-refractivity contribution in [1.29, 1.82) is 0 Å². The maximum atomic E-state index is 12.6. The molecule has 0 fully saturated rings. The van der Waals surface area contributed by atoms with E-state index >= 15 is 0 Å². The Balaban J connectivity index is 1.77. The van der Waals surface area contributed by atoms with Crippen LogP contribution in [0.25, 0.3) is 0 Å². The molecule has 0 saturated carbocycles. The number of benzene rings is 1. The molecule has 1 aliphatic rings. The van der Waals surface area contributed by atoms with Gasteiger partial charge in [0.1, 0.15) is 5.00 Å². The number of anilines is 2. The SMILES string of the molecule is COC(=O)c1c(NC(=O)CSc2cccc(N)c2)sc2c1CCC(C(C)(C)C)C2. The number of methoxy groups -OCH3 is 1. The second-order valence-corrected chi connectivity index (χ2v) is 10.6. The molecule has 1 atom stereocenters. The number of carbonyl (C=O) groups is 2. The van der Waals surface area contributed by atoms with Crippen LogP contribution in [0.1, 0.15) is 48.0 Å². The van der Waals surface area contributed by atoms with Crippen LogP contribution < -0.4 is 11.1 Å². The fraction of sp³-hybridized carbons (Fsp3) is 0.455. The second kappa shape index (κ2) is 8.79. The molecule has 1 heterocycles. The van der Waals surface area contributed by atoms with Crippen molar-refractivity contribution in [2.24, 2.45) is 11.3 Å².